The molecule has 0 amide bonds. The Morgan fingerprint density at radius 1 is 1.24 bits per heavy atom. The molecule has 1 aliphatic rings. The molecule has 5 nitrogen and oxygen atoms in total. The Bertz CT molecular complexity index is 580. The Hall–Kier alpha value is -0.950. The maximum Gasteiger partial charge on any atom is 0.218 e. The van der Waals surface area contributed by atoms with Crippen LogP contribution >= 0.6 is 0 Å². The van der Waals surface area contributed by atoms with Crippen LogP contribution in [0.25, 0.3) is 0 Å². The second kappa shape index (κ2) is 6.44. The first-order chi connectivity index (χ1) is 9.86. The van der Waals surface area contributed by atoms with E-state index in [9.17, 15) is 13.5 Å². The van der Waals surface area contributed by atoms with Crippen LogP contribution in [0.2, 0.25) is 0 Å². The van der Waals surface area contributed by atoms with Crippen LogP contribution in [0.1, 0.15) is 36.8 Å². The van der Waals surface area contributed by atoms with Gasteiger partial charge in [-0.1, -0.05) is 37.1 Å². The highest BCUT2D eigenvalue weighted by molar-refractivity contribution is 7.88. The van der Waals surface area contributed by atoms with Gasteiger partial charge < -0.3 is 10.8 Å². The highest BCUT2D eigenvalue weighted by atomic mass is 32.2. The van der Waals surface area contributed by atoms with Crippen molar-refractivity contribution in [1.29, 1.82) is 0 Å². The zero-order chi connectivity index (χ0) is 15.5. The van der Waals surface area contributed by atoms with E-state index in [1.54, 1.807) is 6.07 Å². The van der Waals surface area contributed by atoms with Crippen LogP contribution in [0.5, 0.6) is 0 Å². The van der Waals surface area contributed by atoms with E-state index < -0.39 is 15.6 Å². The Kier molecular flexibility index (Phi) is 5.03. The van der Waals surface area contributed by atoms with Gasteiger partial charge in [-0.05, 0) is 24.0 Å². The minimum absolute atomic E-state index is 0.0764. The summed E-state index contributed by atoms with van der Waals surface area (Å²) < 4.78 is 26.2. The average Bonchev–Trinajstić information content (AvgIpc) is 2.85. The largest absolute Gasteiger partial charge is 0.389 e. The Balaban J connectivity index is 2.10. The van der Waals surface area contributed by atoms with Crippen molar-refractivity contribution in [2.75, 3.05) is 13.6 Å². The fraction of sp³-hybridized carbons (Fsp3) is 0.600. The Labute approximate surface area is 126 Å². The van der Waals surface area contributed by atoms with Crippen molar-refractivity contribution in [2.24, 2.45) is 5.73 Å². The van der Waals surface area contributed by atoms with Gasteiger partial charge >= 0.3 is 0 Å². The standard InChI is InChI=1S/C15H24N2O3S/c1-17(12-15(18)8-4-5-9-15)21(19,20)11-14-7-3-2-6-13(14)10-16/h2-3,6-7,18H,4-5,8-12,16H2,1H3. The number of benzene rings is 1. The molecule has 0 atom stereocenters. The highest BCUT2D eigenvalue weighted by Crippen LogP contribution is 2.30. The number of nitrogens with two attached hydrogens (primary N) is 1. The molecule has 118 valence electrons. The van der Waals surface area contributed by atoms with Crippen molar-refractivity contribution >= 4 is 10.0 Å². The van der Waals surface area contributed by atoms with Crippen LogP contribution < -0.4 is 5.73 Å². The summed E-state index contributed by atoms with van der Waals surface area (Å²) in [5, 5.41) is 10.4. The van der Waals surface area contributed by atoms with E-state index >= 15 is 0 Å². The Morgan fingerprint density at radius 2 is 1.81 bits per heavy atom. The minimum Gasteiger partial charge on any atom is -0.389 e. The van der Waals surface area contributed by atoms with E-state index in [0.29, 0.717) is 19.4 Å². The topological polar surface area (TPSA) is 83.6 Å². The molecule has 1 fully saturated rings. The van der Waals surface area contributed by atoms with Gasteiger partial charge in [-0.2, -0.15) is 0 Å². The van der Waals surface area contributed by atoms with Crippen LogP contribution in [0.3, 0.4) is 0 Å². The maximum atomic E-state index is 12.5. The minimum atomic E-state index is -3.45. The molecule has 0 aromatic heterocycles. The van der Waals surface area contributed by atoms with Crippen LogP contribution in [0.15, 0.2) is 24.3 Å². The van der Waals surface area contributed by atoms with E-state index in [1.165, 1.54) is 11.4 Å². The van der Waals surface area contributed by atoms with Gasteiger partial charge in [0.15, 0.2) is 0 Å². The van der Waals surface area contributed by atoms with Gasteiger partial charge in [-0.3, -0.25) is 0 Å². The van der Waals surface area contributed by atoms with E-state index in [2.05, 4.69) is 0 Å². The molecule has 1 aliphatic carbocycles. The smallest absolute Gasteiger partial charge is 0.218 e. The summed E-state index contributed by atoms with van der Waals surface area (Å²) in [7, 11) is -1.92. The zero-order valence-corrected chi connectivity index (χ0v) is 13.3. The molecule has 0 saturated heterocycles. The summed E-state index contributed by atoms with van der Waals surface area (Å²) >= 11 is 0. The Morgan fingerprint density at radius 3 is 2.38 bits per heavy atom. The van der Waals surface area contributed by atoms with E-state index in [0.717, 1.165) is 24.0 Å². The molecule has 0 bridgehead atoms. The molecular formula is C15H24N2O3S. The molecule has 0 spiro atoms. The molecule has 0 unspecified atom stereocenters. The predicted molar refractivity (Wildman–Crippen MR) is 83.0 cm³/mol. The van der Waals surface area contributed by atoms with Gasteiger partial charge in [-0.15, -0.1) is 0 Å². The molecule has 2 rings (SSSR count). The van der Waals surface area contributed by atoms with E-state index in [1.807, 2.05) is 18.2 Å². The van der Waals surface area contributed by atoms with Gasteiger partial charge in [0.25, 0.3) is 0 Å². The molecule has 0 heterocycles. The van der Waals surface area contributed by atoms with Gasteiger partial charge in [0.2, 0.25) is 10.0 Å². The lowest BCUT2D eigenvalue weighted by molar-refractivity contribution is 0.0333. The number of likely N-dealkylation sites (N-methyl/N-ethyl adjacent to an activating group) is 1. The first-order valence-corrected chi connectivity index (χ1v) is 8.90. The number of rotatable bonds is 6. The van der Waals surface area contributed by atoms with Crippen molar-refractivity contribution in [1.82, 2.24) is 4.31 Å². The summed E-state index contributed by atoms with van der Waals surface area (Å²) in [5.41, 5.74) is 6.35. The normalized spacial score (nSPS) is 18.3. The summed E-state index contributed by atoms with van der Waals surface area (Å²) in [6, 6.07) is 7.30. The number of aliphatic hydroxyl groups is 1. The van der Waals surface area contributed by atoms with E-state index in [4.69, 9.17) is 5.73 Å². The third-order valence-electron chi connectivity index (χ3n) is 4.20. The van der Waals surface area contributed by atoms with Crippen molar-refractivity contribution in [2.45, 2.75) is 43.6 Å². The number of hydrogen-bond acceptors (Lipinski definition) is 4. The third kappa shape index (κ3) is 4.03. The average molecular weight is 312 g/mol. The molecule has 0 aliphatic heterocycles. The number of sulfonamides is 1. The van der Waals surface area contributed by atoms with Crippen LogP contribution in [-0.4, -0.2) is 37.0 Å². The number of hydrogen-bond donors (Lipinski definition) is 2. The lowest BCUT2D eigenvalue weighted by atomic mass is 10.0. The van der Waals surface area contributed by atoms with Crippen molar-refractivity contribution in [3.05, 3.63) is 35.4 Å². The van der Waals surface area contributed by atoms with Crippen molar-refractivity contribution < 1.29 is 13.5 Å². The molecule has 1 aromatic carbocycles. The molecule has 6 heteroatoms. The molecule has 1 saturated carbocycles. The lowest BCUT2D eigenvalue weighted by Crippen LogP contribution is -2.42. The quantitative estimate of drug-likeness (QED) is 0.827. The fourth-order valence-electron chi connectivity index (χ4n) is 2.91. The summed E-state index contributed by atoms with van der Waals surface area (Å²) in [4.78, 5) is 0. The number of nitrogens with zero attached hydrogens (tertiary/aromatic N) is 1. The van der Waals surface area contributed by atoms with Crippen LogP contribution in [-0.2, 0) is 22.3 Å². The zero-order valence-electron chi connectivity index (χ0n) is 12.5. The van der Waals surface area contributed by atoms with Gasteiger partial charge in [-0.25, -0.2) is 12.7 Å². The van der Waals surface area contributed by atoms with Crippen molar-refractivity contribution in [3.63, 3.8) is 0 Å². The van der Waals surface area contributed by atoms with Gasteiger partial charge in [0.1, 0.15) is 0 Å². The van der Waals surface area contributed by atoms with Gasteiger partial charge in [0, 0.05) is 20.1 Å². The maximum absolute atomic E-state index is 12.5. The fourth-order valence-corrected chi connectivity index (χ4v) is 4.24. The second-order valence-electron chi connectivity index (χ2n) is 5.92. The summed E-state index contributed by atoms with van der Waals surface area (Å²) in [6.45, 7) is 0.486. The molecule has 1 aromatic rings. The van der Waals surface area contributed by atoms with Crippen LogP contribution in [0, 0.1) is 0 Å². The predicted octanol–water partition coefficient (Wildman–Crippen LogP) is 1.21. The molecule has 0 radical (unpaired) electrons. The molecule has 3 N–H and O–H groups in total. The van der Waals surface area contributed by atoms with Crippen LogP contribution in [0.4, 0.5) is 0 Å². The molecular weight excluding hydrogens is 288 g/mol. The van der Waals surface area contributed by atoms with Crippen molar-refractivity contribution in [3.8, 4) is 0 Å². The van der Waals surface area contributed by atoms with Gasteiger partial charge in [0.05, 0.1) is 11.4 Å². The second-order valence-corrected chi connectivity index (χ2v) is 7.99. The monoisotopic (exact) mass is 312 g/mol. The summed E-state index contributed by atoms with van der Waals surface area (Å²) in [5.74, 6) is -0.0764. The molecule has 21 heavy (non-hydrogen) atoms. The summed E-state index contributed by atoms with van der Waals surface area (Å²) in [6.07, 6.45) is 3.26. The lowest BCUT2D eigenvalue weighted by Gasteiger charge is -2.28. The highest BCUT2D eigenvalue weighted by Gasteiger charge is 2.35. The SMILES string of the molecule is CN(CC1(O)CCCC1)S(=O)(=O)Cc1ccccc1CN. The first kappa shape index (κ1) is 16.4. The van der Waals surface area contributed by atoms with E-state index in [-0.39, 0.29) is 12.3 Å². The third-order valence-corrected chi connectivity index (χ3v) is 5.96. The first-order valence-electron chi connectivity index (χ1n) is 7.29.